The Morgan fingerprint density at radius 2 is 1.41 bits per heavy atom. The highest BCUT2D eigenvalue weighted by molar-refractivity contribution is 6.71. The van der Waals surface area contributed by atoms with Crippen LogP contribution in [0.3, 0.4) is 0 Å². The Morgan fingerprint density at radius 1 is 0.814 bits per heavy atom. The summed E-state index contributed by atoms with van der Waals surface area (Å²) in [5.41, 5.74) is 4.34. The summed E-state index contributed by atoms with van der Waals surface area (Å²) in [5, 5.41) is 10.4. The minimum Gasteiger partial charge on any atom is -0.432 e. The maximum Gasteiger partial charge on any atom is 0.264 e. The summed E-state index contributed by atoms with van der Waals surface area (Å²) >= 11 is 0. The fraction of sp³-hybridized carbons (Fsp3) is 0.277. The molecule has 302 valence electrons. The quantitative estimate of drug-likeness (QED) is 0.103. The molecule has 5 atom stereocenters. The molecule has 0 bridgehead atoms. The van der Waals surface area contributed by atoms with Crippen LogP contribution in [0, 0.1) is 5.92 Å². The number of rotatable bonds is 12. The van der Waals surface area contributed by atoms with Crippen LogP contribution in [0.15, 0.2) is 127 Å². The highest BCUT2D eigenvalue weighted by atomic mass is 28.4. The number of ether oxygens (including phenoxy) is 1. The number of amides is 4. The van der Waals surface area contributed by atoms with E-state index >= 15 is 4.79 Å². The van der Waals surface area contributed by atoms with Gasteiger partial charge in [0, 0.05) is 46.3 Å². The lowest BCUT2D eigenvalue weighted by atomic mass is 9.82. The van der Waals surface area contributed by atoms with E-state index in [1.807, 2.05) is 141 Å². The number of carbonyl (C=O) groups is 4. The molecule has 3 aliphatic heterocycles. The van der Waals surface area contributed by atoms with E-state index in [1.165, 1.54) is 4.90 Å². The summed E-state index contributed by atoms with van der Waals surface area (Å²) in [6.07, 6.45) is 1.09. The normalized spacial score (nSPS) is 22.2. The molecule has 0 aromatic heterocycles. The first-order valence-electron chi connectivity index (χ1n) is 20.0. The minimum atomic E-state index is -3.16. The first-order valence-corrected chi connectivity index (χ1v) is 23.0. The molecule has 12 heteroatoms. The van der Waals surface area contributed by atoms with Gasteiger partial charge in [-0.15, -0.1) is 0 Å². The molecule has 0 radical (unpaired) electrons. The van der Waals surface area contributed by atoms with Crippen molar-refractivity contribution in [2.24, 2.45) is 5.92 Å². The number of benzene rings is 5. The molecule has 0 aliphatic carbocycles. The Labute approximate surface area is 345 Å². The number of carbonyl (C=O) groups excluding carboxylic acids is 4. The minimum absolute atomic E-state index is 0.0950. The highest BCUT2D eigenvalue weighted by Crippen LogP contribution is 2.60. The van der Waals surface area contributed by atoms with Crippen molar-refractivity contribution in [2.75, 3.05) is 21.3 Å². The average Bonchev–Trinajstić information content (AvgIpc) is 3.67. The SMILES string of the molecule is C[C@H]1[C@H]([Si](C)(C)O)[C@@H](CC(=O)N2Cc3ccccc3C[C@H]2CO)O[C@]12C(=O)N(Cc1cccc(N(C=O)c3ccccc3)c1)c1ccc(N(C=O)c3ccccc3)cc12. The largest absolute Gasteiger partial charge is 0.432 e. The third kappa shape index (κ3) is 7.16. The average molecular weight is 809 g/mol. The van der Waals surface area contributed by atoms with Crippen LogP contribution in [-0.4, -0.2) is 66.5 Å². The Balaban J connectivity index is 1.19. The standard InChI is InChI=1S/C47H48N4O7Si/c1-32-45(59(2,3)57)43(26-44(55)48-28-35-15-11-10-14-34(35)24-40(48)29-52)58-47(32)41-25-39(51(31-54)37-18-8-5-9-19-37)21-22-42(41)49(46(47)56)27-33-13-12-20-38(23-33)50(30-53)36-16-6-4-7-17-36/h4-23,25,30-32,40,43,45,52,57H,24,26-29H2,1-3H3/t32-,40-,43+,45-,47+/m0/s1. The zero-order valence-electron chi connectivity index (χ0n) is 33.3. The molecule has 1 saturated heterocycles. The maximum absolute atomic E-state index is 15.4. The summed E-state index contributed by atoms with van der Waals surface area (Å²) in [4.78, 5) is 73.3. The molecule has 4 amide bonds. The van der Waals surface area contributed by atoms with Crippen LogP contribution in [0.2, 0.25) is 18.6 Å². The van der Waals surface area contributed by atoms with Crippen molar-refractivity contribution in [3.05, 3.63) is 150 Å². The Bertz CT molecular complexity index is 2370. The van der Waals surface area contributed by atoms with Gasteiger partial charge in [-0.25, -0.2) is 0 Å². The van der Waals surface area contributed by atoms with Gasteiger partial charge in [0.25, 0.3) is 5.91 Å². The van der Waals surface area contributed by atoms with Crippen LogP contribution < -0.4 is 14.7 Å². The van der Waals surface area contributed by atoms with Gasteiger partial charge in [0.15, 0.2) is 13.9 Å². The first kappa shape index (κ1) is 39.9. The molecule has 1 spiro atoms. The van der Waals surface area contributed by atoms with E-state index in [0.29, 0.717) is 47.0 Å². The number of hydrogen-bond donors (Lipinski definition) is 2. The summed E-state index contributed by atoms with van der Waals surface area (Å²) in [7, 11) is -3.16. The number of aliphatic hydroxyl groups is 1. The van der Waals surface area contributed by atoms with Crippen LogP contribution in [-0.2, 0) is 49.0 Å². The van der Waals surface area contributed by atoms with Crippen LogP contribution in [0.4, 0.5) is 28.4 Å². The van der Waals surface area contributed by atoms with Gasteiger partial charge in [0.05, 0.1) is 37.4 Å². The number of aliphatic hydroxyl groups excluding tert-OH is 1. The van der Waals surface area contributed by atoms with Gasteiger partial charge >= 0.3 is 0 Å². The number of fused-ring (bicyclic) bond motifs is 3. The maximum atomic E-state index is 15.4. The molecule has 0 unspecified atom stereocenters. The summed E-state index contributed by atoms with van der Waals surface area (Å²) in [6.45, 7) is 5.82. The van der Waals surface area contributed by atoms with E-state index in [9.17, 15) is 24.3 Å². The molecular weight excluding hydrogens is 761 g/mol. The van der Waals surface area contributed by atoms with Gasteiger partial charge in [-0.1, -0.05) is 79.7 Å². The molecule has 5 aromatic carbocycles. The molecule has 8 rings (SSSR count). The van der Waals surface area contributed by atoms with Crippen molar-refractivity contribution < 1.29 is 33.8 Å². The van der Waals surface area contributed by atoms with Crippen LogP contribution in [0.25, 0.3) is 0 Å². The van der Waals surface area contributed by atoms with Crippen molar-refractivity contribution in [1.29, 1.82) is 0 Å². The van der Waals surface area contributed by atoms with E-state index in [2.05, 4.69) is 0 Å². The van der Waals surface area contributed by atoms with E-state index in [-0.39, 0.29) is 31.4 Å². The molecule has 3 aliphatic rings. The second-order valence-corrected chi connectivity index (χ2v) is 20.3. The molecule has 1 fully saturated rings. The fourth-order valence-corrected chi connectivity index (χ4v) is 12.2. The van der Waals surface area contributed by atoms with Gasteiger partial charge in [-0.05, 0) is 90.8 Å². The lowest BCUT2D eigenvalue weighted by Gasteiger charge is -2.37. The smallest absolute Gasteiger partial charge is 0.264 e. The van der Waals surface area contributed by atoms with Crippen LogP contribution >= 0.6 is 0 Å². The van der Waals surface area contributed by atoms with Gasteiger partial charge in [0.1, 0.15) is 0 Å². The molecule has 5 aromatic rings. The van der Waals surface area contributed by atoms with Gasteiger partial charge in [0.2, 0.25) is 18.7 Å². The third-order valence-corrected chi connectivity index (χ3v) is 14.8. The molecule has 3 heterocycles. The number of hydrogen-bond acceptors (Lipinski definition) is 7. The summed E-state index contributed by atoms with van der Waals surface area (Å²) in [6, 6.07) is 38.9. The molecular formula is C47H48N4O7Si. The number of anilines is 5. The van der Waals surface area contributed by atoms with Crippen molar-refractivity contribution >= 4 is 61.4 Å². The third-order valence-electron chi connectivity index (χ3n) is 12.3. The predicted molar refractivity (Wildman–Crippen MR) is 229 cm³/mol. The fourth-order valence-electron chi connectivity index (χ4n) is 9.61. The molecule has 59 heavy (non-hydrogen) atoms. The van der Waals surface area contributed by atoms with E-state index in [0.717, 1.165) is 29.5 Å². The van der Waals surface area contributed by atoms with E-state index < -0.39 is 37.5 Å². The monoisotopic (exact) mass is 808 g/mol. The Kier molecular flexibility index (Phi) is 10.8. The zero-order valence-corrected chi connectivity index (χ0v) is 34.3. The van der Waals surface area contributed by atoms with Crippen molar-refractivity contribution in [2.45, 2.75) is 69.2 Å². The Morgan fingerprint density at radius 3 is 2.02 bits per heavy atom. The highest BCUT2D eigenvalue weighted by Gasteiger charge is 2.66. The summed E-state index contributed by atoms with van der Waals surface area (Å²) in [5.74, 6) is -1.14. The Hall–Kier alpha value is -5.92. The summed E-state index contributed by atoms with van der Waals surface area (Å²) < 4.78 is 7.09. The van der Waals surface area contributed by atoms with Gasteiger partial charge < -0.3 is 24.4 Å². The molecule has 2 N–H and O–H groups in total. The molecule has 0 saturated carbocycles. The zero-order chi connectivity index (χ0) is 41.5. The number of nitrogens with zero attached hydrogens (tertiary/aromatic N) is 4. The first-order chi connectivity index (χ1) is 28.5. The predicted octanol–water partition coefficient (Wildman–Crippen LogP) is 6.96. The lowest BCUT2D eigenvalue weighted by Crippen LogP contribution is -2.48. The van der Waals surface area contributed by atoms with E-state index in [1.54, 1.807) is 20.8 Å². The van der Waals surface area contributed by atoms with Gasteiger partial charge in [-0.3, -0.25) is 29.0 Å². The van der Waals surface area contributed by atoms with Crippen molar-refractivity contribution in [3.8, 4) is 0 Å². The van der Waals surface area contributed by atoms with Crippen molar-refractivity contribution in [1.82, 2.24) is 4.90 Å². The second kappa shape index (κ2) is 16.0. The van der Waals surface area contributed by atoms with Crippen LogP contribution in [0.5, 0.6) is 0 Å². The second-order valence-electron chi connectivity index (χ2n) is 16.3. The molecule has 11 nitrogen and oxygen atoms in total. The van der Waals surface area contributed by atoms with Crippen molar-refractivity contribution in [3.63, 3.8) is 0 Å². The lowest BCUT2D eigenvalue weighted by molar-refractivity contribution is -0.151. The topological polar surface area (TPSA) is 131 Å². The van der Waals surface area contributed by atoms with E-state index in [4.69, 9.17) is 4.74 Å². The van der Waals surface area contributed by atoms with Crippen LogP contribution in [0.1, 0.15) is 35.6 Å². The van der Waals surface area contributed by atoms with Gasteiger partial charge in [-0.2, -0.15) is 0 Å². The number of para-hydroxylation sites is 2.